The van der Waals surface area contributed by atoms with Crippen molar-refractivity contribution in [1.82, 2.24) is 14.3 Å². The first-order valence-electron chi connectivity index (χ1n) is 10.2. The van der Waals surface area contributed by atoms with Crippen LogP contribution in [0.2, 0.25) is 0 Å². The summed E-state index contributed by atoms with van der Waals surface area (Å²) in [6.07, 6.45) is -0.487. The predicted octanol–water partition coefficient (Wildman–Crippen LogP) is 5.22. The molecule has 1 saturated carbocycles. The SMILES string of the molecule is CC(C)NS(=O)c1ccc(-c2c(C#N)c3cc(OC(F)(F)F)ccc3n2C2CCC2)nc1. The second-order valence-electron chi connectivity index (χ2n) is 7.94. The van der Waals surface area contributed by atoms with Gasteiger partial charge in [-0.1, -0.05) is 0 Å². The maximum absolute atomic E-state index is 12.7. The van der Waals surface area contributed by atoms with Crippen LogP contribution in [0.25, 0.3) is 22.3 Å². The van der Waals surface area contributed by atoms with Crippen molar-refractivity contribution in [2.75, 3.05) is 0 Å². The van der Waals surface area contributed by atoms with Gasteiger partial charge in [-0.15, -0.1) is 13.2 Å². The lowest BCUT2D eigenvalue weighted by Gasteiger charge is -2.30. The fourth-order valence-corrected chi connectivity index (χ4v) is 4.70. The lowest BCUT2D eigenvalue weighted by atomic mass is 9.92. The van der Waals surface area contributed by atoms with E-state index in [1.54, 1.807) is 18.2 Å². The Balaban J connectivity index is 1.84. The first-order valence-corrected chi connectivity index (χ1v) is 11.3. The van der Waals surface area contributed by atoms with Crippen LogP contribution in [0.3, 0.4) is 0 Å². The van der Waals surface area contributed by atoms with Crippen molar-refractivity contribution in [2.45, 2.75) is 56.5 Å². The van der Waals surface area contributed by atoms with E-state index in [1.165, 1.54) is 18.3 Å². The van der Waals surface area contributed by atoms with Crippen LogP contribution in [0.1, 0.15) is 44.7 Å². The van der Waals surface area contributed by atoms with Gasteiger partial charge in [0, 0.05) is 23.7 Å². The summed E-state index contributed by atoms with van der Waals surface area (Å²) in [5, 5.41) is 10.3. The predicted molar refractivity (Wildman–Crippen MR) is 114 cm³/mol. The minimum absolute atomic E-state index is 0.0231. The van der Waals surface area contributed by atoms with E-state index in [4.69, 9.17) is 0 Å². The lowest BCUT2D eigenvalue weighted by molar-refractivity contribution is -0.274. The normalized spacial score (nSPS) is 15.5. The van der Waals surface area contributed by atoms with Gasteiger partial charge in [-0.2, -0.15) is 5.26 Å². The quantitative estimate of drug-likeness (QED) is 0.545. The molecule has 2 heterocycles. The summed E-state index contributed by atoms with van der Waals surface area (Å²) in [6, 6.07) is 9.71. The molecule has 0 amide bonds. The van der Waals surface area contributed by atoms with Gasteiger partial charge in [-0.05, 0) is 63.4 Å². The van der Waals surface area contributed by atoms with E-state index < -0.39 is 17.3 Å². The third-order valence-corrected chi connectivity index (χ3v) is 6.65. The Labute approximate surface area is 185 Å². The number of halogens is 3. The highest BCUT2D eigenvalue weighted by Crippen LogP contribution is 2.43. The van der Waals surface area contributed by atoms with Crippen LogP contribution in [0.5, 0.6) is 5.75 Å². The van der Waals surface area contributed by atoms with Crippen LogP contribution in [0, 0.1) is 11.3 Å². The molecule has 2 aromatic heterocycles. The van der Waals surface area contributed by atoms with Crippen LogP contribution >= 0.6 is 0 Å². The monoisotopic (exact) mass is 462 g/mol. The summed E-state index contributed by atoms with van der Waals surface area (Å²) in [6.45, 7) is 3.76. The molecule has 0 saturated heterocycles. The van der Waals surface area contributed by atoms with Gasteiger partial charge in [0.1, 0.15) is 22.8 Å². The third-order valence-electron chi connectivity index (χ3n) is 5.30. The zero-order valence-corrected chi connectivity index (χ0v) is 18.3. The largest absolute Gasteiger partial charge is 0.573 e. The van der Waals surface area contributed by atoms with Gasteiger partial charge < -0.3 is 9.30 Å². The Morgan fingerprint density at radius 2 is 2.03 bits per heavy atom. The molecule has 1 N–H and O–H groups in total. The molecule has 10 heteroatoms. The van der Waals surface area contributed by atoms with E-state index in [9.17, 15) is 22.6 Å². The Hall–Kier alpha value is -2.90. The Morgan fingerprint density at radius 3 is 2.56 bits per heavy atom. The summed E-state index contributed by atoms with van der Waals surface area (Å²) in [5.41, 5.74) is 1.94. The molecule has 168 valence electrons. The van der Waals surface area contributed by atoms with E-state index in [-0.39, 0.29) is 23.4 Å². The van der Waals surface area contributed by atoms with E-state index in [0.717, 1.165) is 19.3 Å². The molecule has 1 aliphatic carbocycles. The van der Waals surface area contributed by atoms with Crippen LogP contribution in [0.15, 0.2) is 41.4 Å². The number of nitrogens with zero attached hydrogens (tertiary/aromatic N) is 3. The molecule has 6 nitrogen and oxygen atoms in total. The standard InChI is InChI=1S/C22H21F3N4O2S/c1-13(2)28-32(30)16-7-8-19(27-12-16)21-18(11-26)17-10-15(31-22(23,24)25)6-9-20(17)29(21)14-4-3-5-14/h6-10,12-14,28H,3-5H2,1-2H3. The molecule has 0 spiro atoms. The molecular formula is C22H21F3N4O2S. The number of hydrogen-bond donors (Lipinski definition) is 1. The summed E-state index contributed by atoms with van der Waals surface area (Å²) < 4.78 is 59.4. The number of nitriles is 1. The summed E-state index contributed by atoms with van der Waals surface area (Å²) in [5.74, 6) is -0.378. The molecule has 0 bridgehead atoms. The molecule has 1 aromatic carbocycles. The highest BCUT2D eigenvalue weighted by molar-refractivity contribution is 7.83. The number of alkyl halides is 3. The van der Waals surface area contributed by atoms with Gasteiger partial charge in [0.2, 0.25) is 0 Å². The number of ether oxygens (including phenoxy) is 1. The maximum atomic E-state index is 12.7. The van der Waals surface area contributed by atoms with Crippen molar-refractivity contribution in [3.8, 4) is 23.2 Å². The first-order chi connectivity index (χ1) is 15.2. The maximum Gasteiger partial charge on any atom is 0.573 e. The average Bonchev–Trinajstić information content (AvgIpc) is 2.98. The van der Waals surface area contributed by atoms with E-state index in [1.807, 2.05) is 18.4 Å². The number of pyridine rings is 1. The lowest BCUT2D eigenvalue weighted by Crippen LogP contribution is -2.25. The summed E-state index contributed by atoms with van der Waals surface area (Å²) in [7, 11) is -1.42. The van der Waals surface area contributed by atoms with Crippen LogP contribution in [-0.2, 0) is 11.0 Å². The number of aromatic nitrogens is 2. The number of hydrogen-bond acceptors (Lipinski definition) is 4. The minimum atomic E-state index is -4.82. The summed E-state index contributed by atoms with van der Waals surface area (Å²) in [4.78, 5) is 4.94. The van der Waals surface area contributed by atoms with Crippen LogP contribution in [-0.4, -0.2) is 26.2 Å². The Morgan fingerprint density at radius 1 is 1.28 bits per heavy atom. The van der Waals surface area contributed by atoms with Crippen LogP contribution < -0.4 is 9.46 Å². The van der Waals surface area contributed by atoms with Crippen molar-refractivity contribution in [2.24, 2.45) is 0 Å². The van der Waals surface area contributed by atoms with Crippen LogP contribution in [0.4, 0.5) is 13.2 Å². The molecule has 1 unspecified atom stereocenters. The highest BCUT2D eigenvalue weighted by atomic mass is 32.2. The number of fused-ring (bicyclic) bond motifs is 1. The van der Waals surface area contributed by atoms with E-state index in [2.05, 4.69) is 20.5 Å². The Kier molecular flexibility index (Phi) is 5.97. The van der Waals surface area contributed by atoms with Gasteiger partial charge in [0.05, 0.1) is 27.4 Å². The van der Waals surface area contributed by atoms with E-state index >= 15 is 0 Å². The van der Waals surface area contributed by atoms with Gasteiger partial charge in [-0.3, -0.25) is 4.98 Å². The molecule has 4 rings (SSSR count). The fourth-order valence-electron chi connectivity index (χ4n) is 3.79. The first kappa shape index (κ1) is 22.3. The van der Waals surface area contributed by atoms with Crippen molar-refractivity contribution < 1.29 is 22.1 Å². The van der Waals surface area contributed by atoms with Gasteiger partial charge >= 0.3 is 6.36 Å². The van der Waals surface area contributed by atoms with Crippen molar-refractivity contribution in [1.29, 1.82) is 5.26 Å². The average molecular weight is 462 g/mol. The number of rotatable bonds is 6. The molecule has 0 aliphatic heterocycles. The molecular weight excluding hydrogens is 441 g/mol. The molecule has 1 aliphatic rings. The number of nitrogens with one attached hydrogen (secondary N) is 1. The Bertz CT molecular complexity index is 1210. The third kappa shape index (κ3) is 4.36. The molecule has 1 atom stereocenters. The second kappa shape index (κ2) is 8.56. The fraction of sp³-hybridized carbons (Fsp3) is 0.364. The molecule has 32 heavy (non-hydrogen) atoms. The van der Waals surface area contributed by atoms with Crippen molar-refractivity contribution >= 4 is 21.9 Å². The van der Waals surface area contributed by atoms with Crippen molar-refractivity contribution in [3.63, 3.8) is 0 Å². The minimum Gasteiger partial charge on any atom is -0.406 e. The second-order valence-corrected chi connectivity index (χ2v) is 9.18. The zero-order valence-electron chi connectivity index (χ0n) is 17.4. The van der Waals surface area contributed by atoms with Gasteiger partial charge in [0.15, 0.2) is 0 Å². The zero-order chi connectivity index (χ0) is 23.0. The van der Waals surface area contributed by atoms with Crippen molar-refractivity contribution in [3.05, 3.63) is 42.1 Å². The summed E-state index contributed by atoms with van der Waals surface area (Å²) >= 11 is 0. The molecule has 1 fully saturated rings. The van der Waals surface area contributed by atoms with E-state index in [0.29, 0.717) is 27.2 Å². The van der Waals surface area contributed by atoms with Gasteiger partial charge in [0.25, 0.3) is 0 Å². The molecule has 3 aromatic rings. The topological polar surface area (TPSA) is 79.9 Å². The molecule has 0 radical (unpaired) electrons. The number of benzene rings is 1. The highest BCUT2D eigenvalue weighted by Gasteiger charge is 2.32. The smallest absolute Gasteiger partial charge is 0.406 e. The van der Waals surface area contributed by atoms with Gasteiger partial charge in [-0.25, -0.2) is 8.93 Å².